The lowest BCUT2D eigenvalue weighted by atomic mass is 9.99. The quantitative estimate of drug-likeness (QED) is 0.1000. The standard InChI is InChI=1S/C45H50O6SSi/c1-34(46)52-44-43(49-32-37-24-14-7-15-25-37)42(48-31-36-22-12-6-13-23-36)41(47-30-35-20-10-5-11-21-35)40(51-44)33-50-53(45(2,3)4,38-26-16-8-17-27-38)39-28-18-9-19-29-39/h5-29,40-44H,30-33H2,1-4H3/t40-,41-,42+,43-,44+/m1/s1. The van der Waals surface area contributed by atoms with Crippen LogP contribution in [0.4, 0.5) is 0 Å². The van der Waals surface area contributed by atoms with E-state index in [-0.39, 0.29) is 16.8 Å². The summed E-state index contributed by atoms with van der Waals surface area (Å²) >= 11 is 1.13. The zero-order valence-corrected chi connectivity index (χ0v) is 32.8. The molecule has 1 heterocycles. The molecule has 1 saturated heterocycles. The van der Waals surface area contributed by atoms with Crippen LogP contribution in [0.5, 0.6) is 0 Å². The van der Waals surface area contributed by atoms with E-state index in [1.807, 2.05) is 91.0 Å². The molecule has 0 spiro atoms. The van der Waals surface area contributed by atoms with Gasteiger partial charge in [-0.25, -0.2) is 0 Å². The molecule has 5 aromatic carbocycles. The van der Waals surface area contributed by atoms with Crippen LogP contribution in [0.25, 0.3) is 0 Å². The Morgan fingerprint density at radius 3 is 1.36 bits per heavy atom. The van der Waals surface area contributed by atoms with E-state index in [1.54, 1.807) is 6.92 Å². The molecule has 0 amide bonds. The van der Waals surface area contributed by atoms with Gasteiger partial charge in [0.1, 0.15) is 29.9 Å². The van der Waals surface area contributed by atoms with Gasteiger partial charge in [-0.2, -0.15) is 0 Å². The summed E-state index contributed by atoms with van der Waals surface area (Å²) in [6, 6.07) is 51.4. The van der Waals surface area contributed by atoms with E-state index in [2.05, 4.69) is 81.4 Å². The molecule has 276 valence electrons. The zero-order chi connectivity index (χ0) is 37.1. The molecule has 1 fully saturated rings. The predicted molar refractivity (Wildman–Crippen MR) is 216 cm³/mol. The number of carbonyl (C=O) groups is 1. The molecule has 1 aliphatic heterocycles. The summed E-state index contributed by atoms with van der Waals surface area (Å²) in [6.45, 7) is 9.57. The lowest BCUT2D eigenvalue weighted by molar-refractivity contribution is -0.250. The van der Waals surface area contributed by atoms with Gasteiger partial charge in [-0.1, -0.05) is 184 Å². The molecule has 6 nitrogen and oxygen atoms in total. The van der Waals surface area contributed by atoms with E-state index >= 15 is 0 Å². The minimum Gasteiger partial charge on any atom is -0.405 e. The second kappa shape index (κ2) is 18.5. The molecule has 53 heavy (non-hydrogen) atoms. The Kier molecular flexibility index (Phi) is 13.5. The van der Waals surface area contributed by atoms with E-state index in [4.69, 9.17) is 23.4 Å². The Morgan fingerprint density at radius 1 is 0.585 bits per heavy atom. The highest BCUT2D eigenvalue weighted by atomic mass is 32.2. The largest absolute Gasteiger partial charge is 0.405 e. The fourth-order valence-corrected chi connectivity index (χ4v) is 12.6. The summed E-state index contributed by atoms with van der Waals surface area (Å²) in [6.07, 6.45) is -2.41. The van der Waals surface area contributed by atoms with Crippen LogP contribution in [0.15, 0.2) is 152 Å². The van der Waals surface area contributed by atoms with E-state index < -0.39 is 38.2 Å². The van der Waals surface area contributed by atoms with Gasteiger partial charge in [-0.05, 0) is 32.1 Å². The highest BCUT2D eigenvalue weighted by molar-refractivity contribution is 8.14. The molecule has 0 unspecified atom stereocenters. The van der Waals surface area contributed by atoms with E-state index in [0.29, 0.717) is 19.8 Å². The van der Waals surface area contributed by atoms with Gasteiger partial charge < -0.3 is 23.4 Å². The van der Waals surface area contributed by atoms with Crippen LogP contribution in [0.1, 0.15) is 44.4 Å². The van der Waals surface area contributed by atoms with Crippen LogP contribution in [0.2, 0.25) is 5.04 Å². The first-order valence-electron chi connectivity index (χ1n) is 18.3. The summed E-state index contributed by atoms with van der Waals surface area (Å²) in [5.41, 5.74) is 2.41. The lowest BCUT2D eigenvalue weighted by Gasteiger charge is -2.48. The van der Waals surface area contributed by atoms with E-state index in [9.17, 15) is 4.79 Å². The first-order valence-corrected chi connectivity index (χ1v) is 21.1. The molecular weight excluding hydrogens is 697 g/mol. The van der Waals surface area contributed by atoms with Gasteiger partial charge in [-0.3, -0.25) is 4.79 Å². The predicted octanol–water partition coefficient (Wildman–Crippen LogP) is 8.32. The molecule has 5 aromatic rings. The topological polar surface area (TPSA) is 63.2 Å². The van der Waals surface area contributed by atoms with Gasteiger partial charge in [0.15, 0.2) is 5.12 Å². The average molecular weight is 747 g/mol. The molecule has 0 aliphatic carbocycles. The summed E-state index contributed by atoms with van der Waals surface area (Å²) < 4.78 is 34.9. The Labute approximate surface area is 319 Å². The van der Waals surface area contributed by atoms with Gasteiger partial charge in [0, 0.05) is 6.92 Å². The van der Waals surface area contributed by atoms with Crippen molar-refractivity contribution in [1.82, 2.24) is 0 Å². The number of hydrogen-bond donors (Lipinski definition) is 0. The number of thioether (sulfide) groups is 1. The highest BCUT2D eigenvalue weighted by Gasteiger charge is 2.53. The maximum absolute atomic E-state index is 12.9. The minimum atomic E-state index is -2.95. The van der Waals surface area contributed by atoms with Crippen molar-refractivity contribution in [3.63, 3.8) is 0 Å². The summed E-state index contributed by atoms with van der Waals surface area (Å²) in [5, 5.41) is 2.03. The molecular formula is C45H50O6SSi. The third-order valence-electron chi connectivity index (χ3n) is 9.61. The number of ether oxygens (including phenoxy) is 4. The smallest absolute Gasteiger partial charge is 0.261 e. The molecule has 1 aliphatic rings. The van der Waals surface area contributed by atoms with Crippen molar-refractivity contribution in [2.24, 2.45) is 0 Å². The first kappa shape index (κ1) is 38.8. The lowest BCUT2D eigenvalue weighted by Crippen LogP contribution is -2.68. The van der Waals surface area contributed by atoms with Crippen molar-refractivity contribution in [1.29, 1.82) is 0 Å². The molecule has 0 radical (unpaired) electrons. The van der Waals surface area contributed by atoms with Gasteiger partial charge in [0.2, 0.25) is 0 Å². The van der Waals surface area contributed by atoms with Crippen molar-refractivity contribution in [3.05, 3.63) is 168 Å². The first-order chi connectivity index (χ1) is 25.7. The van der Waals surface area contributed by atoms with Gasteiger partial charge in [0.25, 0.3) is 8.32 Å². The summed E-state index contributed by atoms with van der Waals surface area (Å²) in [7, 11) is -2.95. The molecule has 0 saturated carbocycles. The summed E-state index contributed by atoms with van der Waals surface area (Å²) in [4.78, 5) is 12.9. The second-order valence-electron chi connectivity index (χ2n) is 14.4. The fraction of sp³-hybridized carbons (Fsp3) is 0.311. The monoisotopic (exact) mass is 746 g/mol. The maximum Gasteiger partial charge on any atom is 0.261 e. The Bertz CT molecular complexity index is 1780. The molecule has 8 heteroatoms. The molecule has 0 N–H and O–H groups in total. The van der Waals surface area contributed by atoms with Crippen LogP contribution in [-0.2, 0) is 48.0 Å². The van der Waals surface area contributed by atoms with Crippen LogP contribution in [0.3, 0.4) is 0 Å². The third kappa shape index (κ3) is 9.82. The maximum atomic E-state index is 12.9. The fourth-order valence-electron chi connectivity index (χ4n) is 7.11. The molecule has 0 bridgehead atoms. The normalized spacial score (nSPS) is 20.6. The molecule has 5 atom stereocenters. The van der Waals surface area contributed by atoms with Crippen molar-refractivity contribution < 1.29 is 28.2 Å². The van der Waals surface area contributed by atoms with Crippen molar-refractivity contribution in [2.45, 2.75) is 82.4 Å². The van der Waals surface area contributed by atoms with Gasteiger partial charge in [0.05, 0.1) is 26.4 Å². The highest BCUT2D eigenvalue weighted by Crippen LogP contribution is 2.39. The SMILES string of the molecule is CC(=O)S[C@@H]1O[C@H](CO[Si](c2ccccc2)(c2ccccc2)C(C)(C)C)[C@@H](OCc2ccccc2)[C@H](OCc2ccccc2)[C@H]1OCc1ccccc1. The van der Waals surface area contributed by atoms with E-state index in [1.165, 1.54) is 10.4 Å². The number of carbonyl (C=O) groups excluding carboxylic acids is 1. The molecule has 6 rings (SSSR count). The van der Waals surface area contributed by atoms with Crippen molar-refractivity contribution in [3.8, 4) is 0 Å². The zero-order valence-electron chi connectivity index (χ0n) is 31.0. The van der Waals surface area contributed by atoms with Crippen LogP contribution in [-0.4, -0.2) is 49.9 Å². The Balaban J connectivity index is 1.41. The number of hydrogen-bond acceptors (Lipinski definition) is 7. The van der Waals surface area contributed by atoms with Crippen molar-refractivity contribution in [2.75, 3.05) is 6.61 Å². The third-order valence-corrected chi connectivity index (χ3v) is 15.6. The van der Waals surface area contributed by atoms with E-state index in [0.717, 1.165) is 28.5 Å². The van der Waals surface area contributed by atoms with Crippen LogP contribution in [0, 0.1) is 0 Å². The van der Waals surface area contributed by atoms with Gasteiger partial charge in [-0.15, -0.1) is 0 Å². The molecule has 0 aromatic heterocycles. The number of rotatable bonds is 15. The van der Waals surface area contributed by atoms with Crippen molar-refractivity contribution >= 4 is 35.6 Å². The number of benzene rings is 5. The Morgan fingerprint density at radius 2 is 0.962 bits per heavy atom. The Hall–Kier alpha value is -3.86. The van der Waals surface area contributed by atoms with Gasteiger partial charge >= 0.3 is 0 Å². The second-order valence-corrected chi connectivity index (χ2v) is 20.0. The minimum absolute atomic E-state index is 0.0690. The van der Waals surface area contributed by atoms with Crippen LogP contribution < -0.4 is 10.4 Å². The average Bonchev–Trinajstić information content (AvgIpc) is 3.17. The van der Waals surface area contributed by atoms with Crippen LogP contribution >= 0.6 is 11.8 Å². The summed E-state index contributed by atoms with van der Waals surface area (Å²) in [5.74, 6) is 0.